The van der Waals surface area contributed by atoms with Crippen molar-refractivity contribution < 1.29 is 9.53 Å². The van der Waals surface area contributed by atoms with Crippen molar-refractivity contribution in [3.05, 3.63) is 23.8 Å². The summed E-state index contributed by atoms with van der Waals surface area (Å²) in [7, 11) is 1.64. The van der Waals surface area contributed by atoms with Crippen molar-refractivity contribution >= 4 is 11.6 Å². The number of hydrogen-bond acceptors (Lipinski definition) is 3. The van der Waals surface area contributed by atoms with E-state index in [1.807, 2.05) is 25.1 Å². The second-order valence-electron chi connectivity index (χ2n) is 5.46. The lowest BCUT2D eigenvalue weighted by Crippen LogP contribution is -2.28. The second-order valence-corrected chi connectivity index (χ2v) is 5.46. The number of aryl methyl sites for hydroxylation is 1. The van der Waals surface area contributed by atoms with Crippen LogP contribution in [-0.2, 0) is 4.79 Å². The minimum absolute atomic E-state index is 0.108. The number of amides is 1. The molecule has 0 bridgehead atoms. The van der Waals surface area contributed by atoms with Crippen LogP contribution in [0.15, 0.2) is 18.2 Å². The lowest BCUT2D eigenvalue weighted by Gasteiger charge is -2.22. The molecule has 4 heteroatoms. The van der Waals surface area contributed by atoms with E-state index in [-0.39, 0.29) is 5.91 Å². The fraction of sp³-hybridized carbons (Fsp3) is 0.562. The van der Waals surface area contributed by atoms with Gasteiger partial charge in [-0.3, -0.25) is 4.79 Å². The number of anilines is 1. The lowest BCUT2D eigenvalue weighted by molar-refractivity contribution is -0.116. The smallest absolute Gasteiger partial charge is 0.224 e. The molecule has 1 aromatic rings. The molecule has 0 aromatic heterocycles. The number of piperidine rings is 1. The summed E-state index contributed by atoms with van der Waals surface area (Å²) in [4.78, 5) is 12.0. The first kappa shape index (κ1) is 14.9. The molecule has 0 spiro atoms. The number of hydrogen-bond donors (Lipinski definition) is 2. The number of benzene rings is 1. The quantitative estimate of drug-likeness (QED) is 0.869. The number of rotatable bonds is 5. The van der Waals surface area contributed by atoms with E-state index in [4.69, 9.17) is 4.74 Å². The van der Waals surface area contributed by atoms with Crippen molar-refractivity contribution in [2.24, 2.45) is 5.92 Å². The molecule has 0 radical (unpaired) electrons. The molecule has 2 N–H and O–H groups in total. The Morgan fingerprint density at radius 2 is 2.15 bits per heavy atom. The van der Waals surface area contributed by atoms with Gasteiger partial charge in [-0.25, -0.2) is 0 Å². The SMILES string of the molecule is COc1ccc(NC(=O)CCC2CCNCC2)c(C)c1. The van der Waals surface area contributed by atoms with E-state index in [2.05, 4.69) is 10.6 Å². The highest BCUT2D eigenvalue weighted by Crippen LogP contribution is 2.22. The highest BCUT2D eigenvalue weighted by molar-refractivity contribution is 5.91. The maximum atomic E-state index is 12.0. The Bertz CT molecular complexity index is 454. The molecule has 0 unspecified atom stereocenters. The van der Waals surface area contributed by atoms with Gasteiger partial charge in [0.05, 0.1) is 7.11 Å². The van der Waals surface area contributed by atoms with E-state index < -0.39 is 0 Å². The van der Waals surface area contributed by atoms with Gasteiger partial charge in [-0.05, 0) is 69.0 Å². The summed E-state index contributed by atoms with van der Waals surface area (Å²) in [6.45, 7) is 4.15. The molecular weight excluding hydrogens is 252 g/mol. The summed E-state index contributed by atoms with van der Waals surface area (Å²) in [5.74, 6) is 1.62. The average Bonchev–Trinajstić information content (AvgIpc) is 2.48. The van der Waals surface area contributed by atoms with Gasteiger partial charge < -0.3 is 15.4 Å². The van der Waals surface area contributed by atoms with E-state index in [9.17, 15) is 4.79 Å². The monoisotopic (exact) mass is 276 g/mol. The number of carbonyl (C=O) groups excluding carboxylic acids is 1. The van der Waals surface area contributed by atoms with E-state index in [0.29, 0.717) is 12.3 Å². The van der Waals surface area contributed by atoms with Gasteiger partial charge in [-0.15, -0.1) is 0 Å². The van der Waals surface area contributed by atoms with Gasteiger partial charge in [-0.2, -0.15) is 0 Å². The second kappa shape index (κ2) is 7.29. The Labute approximate surface area is 120 Å². The van der Waals surface area contributed by atoms with Crippen LogP contribution in [0.2, 0.25) is 0 Å². The Morgan fingerprint density at radius 1 is 1.40 bits per heavy atom. The molecular formula is C16H24N2O2. The number of nitrogens with one attached hydrogen (secondary N) is 2. The molecule has 2 rings (SSSR count). The van der Waals surface area contributed by atoms with E-state index in [0.717, 1.165) is 36.5 Å². The third-order valence-corrected chi connectivity index (χ3v) is 3.95. The first-order valence-corrected chi connectivity index (χ1v) is 7.34. The molecule has 1 aromatic carbocycles. The molecule has 1 aliphatic rings. The van der Waals surface area contributed by atoms with E-state index in [1.165, 1.54) is 12.8 Å². The topological polar surface area (TPSA) is 50.4 Å². The Hall–Kier alpha value is -1.55. The van der Waals surface area contributed by atoms with Gasteiger partial charge in [0.15, 0.2) is 0 Å². The summed E-state index contributed by atoms with van der Waals surface area (Å²) >= 11 is 0. The number of ether oxygens (including phenoxy) is 1. The number of methoxy groups -OCH3 is 1. The Morgan fingerprint density at radius 3 is 2.80 bits per heavy atom. The maximum Gasteiger partial charge on any atom is 0.224 e. The summed E-state index contributed by atoms with van der Waals surface area (Å²) < 4.78 is 5.16. The molecule has 0 saturated carbocycles. The fourth-order valence-electron chi connectivity index (χ4n) is 2.62. The summed E-state index contributed by atoms with van der Waals surface area (Å²) in [5, 5.41) is 6.34. The van der Waals surface area contributed by atoms with Crippen LogP contribution in [0.3, 0.4) is 0 Å². The summed E-state index contributed by atoms with van der Waals surface area (Å²) in [6, 6.07) is 5.70. The average molecular weight is 276 g/mol. The van der Waals surface area contributed by atoms with E-state index >= 15 is 0 Å². The molecule has 1 amide bonds. The van der Waals surface area contributed by atoms with Crippen molar-refractivity contribution in [2.75, 3.05) is 25.5 Å². The number of carbonyl (C=O) groups is 1. The van der Waals surface area contributed by atoms with Crippen LogP contribution in [0.1, 0.15) is 31.2 Å². The molecule has 1 saturated heterocycles. The van der Waals surface area contributed by atoms with Crippen LogP contribution in [0.4, 0.5) is 5.69 Å². The van der Waals surface area contributed by atoms with Gasteiger partial charge in [-0.1, -0.05) is 0 Å². The predicted octanol–water partition coefficient (Wildman–Crippen LogP) is 2.72. The third-order valence-electron chi connectivity index (χ3n) is 3.95. The van der Waals surface area contributed by atoms with Crippen LogP contribution in [-0.4, -0.2) is 26.1 Å². The Balaban J connectivity index is 1.81. The molecule has 0 aliphatic carbocycles. The Kier molecular flexibility index (Phi) is 5.41. The zero-order valence-corrected chi connectivity index (χ0v) is 12.4. The maximum absolute atomic E-state index is 12.0. The molecule has 1 fully saturated rings. The van der Waals surface area contributed by atoms with Crippen LogP contribution in [0.25, 0.3) is 0 Å². The van der Waals surface area contributed by atoms with Crippen molar-refractivity contribution in [3.8, 4) is 5.75 Å². The lowest BCUT2D eigenvalue weighted by atomic mass is 9.93. The zero-order valence-electron chi connectivity index (χ0n) is 12.4. The van der Waals surface area contributed by atoms with Crippen molar-refractivity contribution in [3.63, 3.8) is 0 Å². The molecule has 4 nitrogen and oxygen atoms in total. The van der Waals surface area contributed by atoms with Crippen LogP contribution < -0.4 is 15.4 Å². The van der Waals surface area contributed by atoms with Gasteiger partial charge in [0, 0.05) is 12.1 Å². The van der Waals surface area contributed by atoms with E-state index in [1.54, 1.807) is 7.11 Å². The van der Waals surface area contributed by atoms with Gasteiger partial charge in [0.1, 0.15) is 5.75 Å². The van der Waals surface area contributed by atoms with Gasteiger partial charge in [0.25, 0.3) is 0 Å². The van der Waals surface area contributed by atoms with Crippen LogP contribution >= 0.6 is 0 Å². The van der Waals surface area contributed by atoms with Crippen LogP contribution in [0.5, 0.6) is 5.75 Å². The summed E-state index contributed by atoms with van der Waals surface area (Å²) in [6.07, 6.45) is 3.97. The predicted molar refractivity (Wildman–Crippen MR) is 81.2 cm³/mol. The normalized spacial score (nSPS) is 15.9. The van der Waals surface area contributed by atoms with Gasteiger partial charge in [0.2, 0.25) is 5.91 Å². The summed E-state index contributed by atoms with van der Waals surface area (Å²) in [5.41, 5.74) is 1.90. The largest absolute Gasteiger partial charge is 0.497 e. The fourth-order valence-corrected chi connectivity index (χ4v) is 2.62. The van der Waals surface area contributed by atoms with Crippen LogP contribution in [0, 0.1) is 12.8 Å². The van der Waals surface area contributed by atoms with Crippen molar-refractivity contribution in [1.82, 2.24) is 5.32 Å². The minimum atomic E-state index is 0.108. The molecule has 1 heterocycles. The minimum Gasteiger partial charge on any atom is -0.497 e. The van der Waals surface area contributed by atoms with Crippen molar-refractivity contribution in [1.29, 1.82) is 0 Å². The first-order chi connectivity index (χ1) is 9.69. The molecule has 20 heavy (non-hydrogen) atoms. The van der Waals surface area contributed by atoms with Crippen molar-refractivity contribution in [2.45, 2.75) is 32.6 Å². The molecule has 110 valence electrons. The third kappa shape index (κ3) is 4.23. The highest BCUT2D eigenvalue weighted by Gasteiger charge is 2.14. The zero-order chi connectivity index (χ0) is 14.4. The first-order valence-electron chi connectivity index (χ1n) is 7.34. The molecule has 0 atom stereocenters. The standard InChI is InChI=1S/C16H24N2O2/c1-12-11-14(20-2)4-5-15(12)18-16(19)6-3-13-7-9-17-10-8-13/h4-5,11,13,17H,3,6-10H2,1-2H3,(H,18,19). The molecule has 1 aliphatic heterocycles. The van der Waals surface area contributed by atoms with Gasteiger partial charge >= 0.3 is 0 Å². The highest BCUT2D eigenvalue weighted by atomic mass is 16.5.